The van der Waals surface area contributed by atoms with Crippen molar-refractivity contribution in [1.82, 2.24) is 9.97 Å². The van der Waals surface area contributed by atoms with Gasteiger partial charge in [-0.25, -0.2) is 9.97 Å². The normalized spacial score (nSPS) is 15.8. The summed E-state index contributed by atoms with van der Waals surface area (Å²) in [6, 6.07) is 10.5. The van der Waals surface area contributed by atoms with Gasteiger partial charge in [0.2, 0.25) is 0 Å². The Morgan fingerprint density at radius 2 is 1.86 bits per heavy atom. The highest BCUT2D eigenvalue weighted by atomic mass is 15.2. The predicted molar refractivity (Wildman–Crippen MR) is 91.7 cm³/mol. The van der Waals surface area contributed by atoms with Crippen LogP contribution in [-0.2, 0) is 6.42 Å². The van der Waals surface area contributed by atoms with Crippen LogP contribution >= 0.6 is 0 Å². The summed E-state index contributed by atoms with van der Waals surface area (Å²) >= 11 is 0. The summed E-state index contributed by atoms with van der Waals surface area (Å²) in [5.41, 5.74) is 2.41. The van der Waals surface area contributed by atoms with E-state index in [4.69, 9.17) is 0 Å². The Labute approximate surface area is 132 Å². The van der Waals surface area contributed by atoms with Crippen molar-refractivity contribution in [3.63, 3.8) is 0 Å². The fourth-order valence-corrected chi connectivity index (χ4v) is 2.80. The van der Waals surface area contributed by atoms with Gasteiger partial charge in [-0.3, -0.25) is 0 Å². The molecule has 0 aliphatic carbocycles. The molecular formula is C18H24N4. The van der Waals surface area contributed by atoms with E-state index < -0.39 is 0 Å². The molecule has 1 aliphatic rings. The number of aryl methyl sites for hydroxylation is 1. The number of benzene rings is 1. The Morgan fingerprint density at radius 3 is 2.55 bits per heavy atom. The van der Waals surface area contributed by atoms with Gasteiger partial charge in [-0.15, -0.1) is 0 Å². The molecule has 3 rings (SSSR count). The maximum atomic E-state index is 4.43. The third-order valence-corrected chi connectivity index (χ3v) is 4.39. The topological polar surface area (TPSA) is 41.0 Å². The van der Waals surface area contributed by atoms with Crippen LogP contribution in [-0.4, -0.2) is 23.1 Å². The third-order valence-electron chi connectivity index (χ3n) is 4.39. The van der Waals surface area contributed by atoms with Crippen LogP contribution in [0.25, 0.3) is 0 Å². The second-order valence-electron chi connectivity index (χ2n) is 6.11. The summed E-state index contributed by atoms with van der Waals surface area (Å²) in [6.07, 6.45) is 5.19. The number of nitrogens with zero attached hydrogens (tertiary/aromatic N) is 3. The molecule has 4 nitrogen and oxygen atoms in total. The highest BCUT2D eigenvalue weighted by Gasteiger charge is 2.17. The molecule has 1 aromatic heterocycles. The average molecular weight is 296 g/mol. The largest absolute Gasteiger partial charge is 0.356 e. The summed E-state index contributed by atoms with van der Waals surface area (Å²) in [5.74, 6) is 2.70. The molecule has 1 aliphatic heterocycles. The fourth-order valence-electron chi connectivity index (χ4n) is 2.80. The number of hydrogen-bond donors (Lipinski definition) is 1. The van der Waals surface area contributed by atoms with Crippen molar-refractivity contribution < 1.29 is 0 Å². The highest BCUT2D eigenvalue weighted by Crippen LogP contribution is 2.23. The SMILES string of the molecule is CCc1ccc(Nc2cc(N3CCC(C)CC3)ncn2)cc1. The van der Waals surface area contributed by atoms with Crippen molar-refractivity contribution >= 4 is 17.3 Å². The standard InChI is InChI=1S/C18H24N4/c1-3-15-4-6-16(7-5-15)21-17-12-18(20-13-19-17)22-10-8-14(2)9-11-22/h4-7,12-14H,3,8-11H2,1-2H3,(H,19,20,21). The van der Waals surface area contributed by atoms with Crippen LogP contribution in [0.15, 0.2) is 36.7 Å². The van der Waals surface area contributed by atoms with Gasteiger partial charge in [0.1, 0.15) is 18.0 Å². The van der Waals surface area contributed by atoms with E-state index in [2.05, 4.69) is 58.3 Å². The molecule has 1 fully saturated rings. The second kappa shape index (κ2) is 6.77. The minimum Gasteiger partial charge on any atom is -0.356 e. The predicted octanol–water partition coefficient (Wildman–Crippen LogP) is 4.02. The molecule has 1 N–H and O–H groups in total. The van der Waals surface area contributed by atoms with Gasteiger partial charge in [-0.2, -0.15) is 0 Å². The molecule has 0 spiro atoms. The van der Waals surface area contributed by atoms with Crippen LogP contribution in [0.1, 0.15) is 32.3 Å². The van der Waals surface area contributed by atoms with E-state index in [-0.39, 0.29) is 0 Å². The minimum atomic E-state index is 0.827. The van der Waals surface area contributed by atoms with Gasteiger partial charge in [0.25, 0.3) is 0 Å². The van der Waals surface area contributed by atoms with Gasteiger partial charge in [0, 0.05) is 24.8 Å². The molecule has 0 unspecified atom stereocenters. The fraction of sp³-hybridized carbons (Fsp3) is 0.444. The maximum Gasteiger partial charge on any atom is 0.135 e. The van der Waals surface area contributed by atoms with Gasteiger partial charge in [0.05, 0.1) is 0 Å². The highest BCUT2D eigenvalue weighted by molar-refractivity contribution is 5.59. The molecule has 22 heavy (non-hydrogen) atoms. The van der Waals surface area contributed by atoms with E-state index in [1.807, 2.05) is 6.07 Å². The summed E-state index contributed by atoms with van der Waals surface area (Å²) in [7, 11) is 0. The number of aromatic nitrogens is 2. The first-order valence-corrected chi connectivity index (χ1v) is 8.17. The van der Waals surface area contributed by atoms with Crippen molar-refractivity contribution in [3.05, 3.63) is 42.2 Å². The summed E-state index contributed by atoms with van der Waals surface area (Å²) < 4.78 is 0. The zero-order valence-electron chi connectivity index (χ0n) is 13.4. The lowest BCUT2D eigenvalue weighted by atomic mass is 9.99. The Balaban J connectivity index is 1.70. The number of anilines is 3. The molecule has 0 atom stereocenters. The maximum absolute atomic E-state index is 4.43. The molecule has 1 aromatic carbocycles. The van der Waals surface area contributed by atoms with Crippen molar-refractivity contribution in [2.45, 2.75) is 33.1 Å². The molecule has 4 heteroatoms. The lowest BCUT2D eigenvalue weighted by Gasteiger charge is -2.31. The van der Waals surface area contributed by atoms with E-state index in [1.54, 1.807) is 6.33 Å². The quantitative estimate of drug-likeness (QED) is 0.925. The van der Waals surface area contributed by atoms with Crippen LogP contribution in [0.5, 0.6) is 0 Å². The van der Waals surface area contributed by atoms with Crippen LogP contribution in [0, 0.1) is 5.92 Å². The molecule has 116 valence electrons. The Hall–Kier alpha value is -2.10. The van der Waals surface area contributed by atoms with Gasteiger partial charge in [-0.05, 0) is 42.9 Å². The lowest BCUT2D eigenvalue weighted by Crippen LogP contribution is -2.33. The first kappa shape index (κ1) is 14.8. The summed E-state index contributed by atoms with van der Waals surface area (Å²) in [4.78, 5) is 11.1. The number of rotatable bonds is 4. The Kier molecular flexibility index (Phi) is 4.56. The number of piperidine rings is 1. The van der Waals surface area contributed by atoms with Crippen LogP contribution in [0.3, 0.4) is 0 Å². The van der Waals surface area contributed by atoms with E-state index >= 15 is 0 Å². The summed E-state index contributed by atoms with van der Waals surface area (Å²) in [5, 5.41) is 3.37. The average Bonchev–Trinajstić information content (AvgIpc) is 2.56. The Morgan fingerprint density at radius 1 is 1.14 bits per heavy atom. The van der Waals surface area contributed by atoms with Gasteiger partial charge < -0.3 is 10.2 Å². The zero-order chi connectivity index (χ0) is 15.4. The Bertz CT molecular complexity index is 601. The minimum absolute atomic E-state index is 0.827. The first-order valence-electron chi connectivity index (χ1n) is 8.17. The van der Waals surface area contributed by atoms with Crippen LogP contribution < -0.4 is 10.2 Å². The number of hydrogen-bond acceptors (Lipinski definition) is 4. The molecule has 0 saturated carbocycles. The molecule has 0 bridgehead atoms. The van der Waals surface area contributed by atoms with Gasteiger partial charge >= 0.3 is 0 Å². The third kappa shape index (κ3) is 3.56. The van der Waals surface area contributed by atoms with Gasteiger partial charge in [-0.1, -0.05) is 26.0 Å². The molecule has 1 saturated heterocycles. The van der Waals surface area contributed by atoms with Gasteiger partial charge in [0.15, 0.2) is 0 Å². The molecular weight excluding hydrogens is 272 g/mol. The monoisotopic (exact) mass is 296 g/mol. The lowest BCUT2D eigenvalue weighted by molar-refractivity contribution is 0.436. The zero-order valence-corrected chi connectivity index (χ0v) is 13.4. The van der Waals surface area contributed by atoms with E-state index in [9.17, 15) is 0 Å². The van der Waals surface area contributed by atoms with Crippen molar-refractivity contribution in [3.8, 4) is 0 Å². The van der Waals surface area contributed by atoms with E-state index in [0.717, 1.165) is 42.8 Å². The van der Waals surface area contributed by atoms with Crippen molar-refractivity contribution in [1.29, 1.82) is 0 Å². The van der Waals surface area contributed by atoms with E-state index in [1.165, 1.54) is 18.4 Å². The molecule has 2 aromatic rings. The molecule has 0 amide bonds. The molecule has 0 radical (unpaired) electrons. The number of nitrogens with one attached hydrogen (secondary N) is 1. The smallest absolute Gasteiger partial charge is 0.135 e. The van der Waals surface area contributed by atoms with Crippen LogP contribution in [0.4, 0.5) is 17.3 Å². The van der Waals surface area contributed by atoms with Crippen LogP contribution in [0.2, 0.25) is 0 Å². The van der Waals surface area contributed by atoms with Crippen molar-refractivity contribution in [2.75, 3.05) is 23.3 Å². The van der Waals surface area contributed by atoms with E-state index in [0.29, 0.717) is 0 Å². The summed E-state index contributed by atoms with van der Waals surface area (Å²) in [6.45, 7) is 6.66. The molecule has 2 heterocycles. The first-order chi connectivity index (χ1) is 10.7. The van der Waals surface area contributed by atoms with Crippen molar-refractivity contribution in [2.24, 2.45) is 5.92 Å². The second-order valence-corrected chi connectivity index (χ2v) is 6.11.